The minimum atomic E-state index is -0.587. The molecule has 8 nitrogen and oxygen atoms in total. The maximum Gasteiger partial charge on any atom is 0.250 e. The summed E-state index contributed by atoms with van der Waals surface area (Å²) < 4.78 is 7.85. The second kappa shape index (κ2) is 9.63. The number of amides is 2. The maximum absolute atomic E-state index is 12.5. The van der Waals surface area contributed by atoms with Crippen LogP contribution in [-0.4, -0.2) is 45.0 Å². The highest BCUT2D eigenvalue weighted by Gasteiger charge is 2.23. The number of nitrogens with one attached hydrogen (secondary N) is 1. The van der Waals surface area contributed by atoms with Crippen LogP contribution in [0.1, 0.15) is 28.1 Å². The Morgan fingerprint density at radius 3 is 2.90 bits per heavy atom. The van der Waals surface area contributed by atoms with Gasteiger partial charge in [0.05, 0.1) is 29.7 Å². The SMILES string of the molecule is Cc1cc(-c2nnc(SCC(=O)Nc3ccccc3C(N)=O)n2CC2CCCO2)cs1. The summed E-state index contributed by atoms with van der Waals surface area (Å²) in [6, 6.07) is 8.76. The number of ether oxygens (including phenoxy) is 1. The van der Waals surface area contributed by atoms with Gasteiger partial charge >= 0.3 is 0 Å². The molecule has 10 heteroatoms. The predicted octanol–water partition coefficient (Wildman–Crippen LogP) is 3.32. The molecule has 1 aromatic carbocycles. The van der Waals surface area contributed by atoms with Crippen LogP contribution in [0.2, 0.25) is 0 Å². The molecule has 0 aliphatic carbocycles. The summed E-state index contributed by atoms with van der Waals surface area (Å²) in [5, 5.41) is 14.2. The van der Waals surface area contributed by atoms with Crippen LogP contribution in [-0.2, 0) is 16.1 Å². The fraction of sp³-hybridized carbons (Fsp3) is 0.333. The third-order valence-electron chi connectivity index (χ3n) is 4.91. The third kappa shape index (κ3) is 5.15. The minimum absolute atomic E-state index is 0.116. The molecule has 162 valence electrons. The molecule has 1 aliphatic heterocycles. The van der Waals surface area contributed by atoms with E-state index in [1.165, 1.54) is 16.6 Å². The normalized spacial score (nSPS) is 15.8. The number of thiophene rings is 1. The lowest BCUT2D eigenvalue weighted by molar-refractivity contribution is -0.113. The molecule has 3 aromatic rings. The van der Waals surface area contributed by atoms with Gasteiger partial charge < -0.3 is 15.8 Å². The van der Waals surface area contributed by atoms with Crippen LogP contribution in [0.15, 0.2) is 40.9 Å². The monoisotopic (exact) mass is 457 g/mol. The molecule has 0 bridgehead atoms. The van der Waals surface area contributed by atoms with E-state index in [0.717, 1.165) is 30.8 Å². The van der Waals surface area contributed by atoms with Gasteiger partial charge in [0, 0.05) is 22.4 Å². The number of aromatic nitrogens is 3. The zero-order valence-electron chi connectivity index (χ0n) is 17.0. The Labute approximate surface area is 188 Å². The van der Waals surface area contributed by atoms with Crippen LogP contribution in [0.5, 0.6) is 0 Å². The Balaban J connectivity index is 1.49. The first kappa shape index (κ1) is 21.5. The number of para-hydroxylation sites is 1. The van der Waals surface area contributed by atoms with Crippen molar-refractivity contribution in [3.63, 3.8) is 0 Å². The molecule has 0 radical (unpaired) electrons. The van der Waals surface area contributed by atoms with Crippen molar-refractivity contribution in [1.82, 2.24) is 14.8 Å². The molecular weight excluding hydrogens is 434 g/mol. The van der Waals surface area contributed by atoms with Crippen molar-refractivity contribution in [3.8, 4) is 11.4 Å². The minimum Gasteiger partial charge on any atom is -0.376 e. The average Bonchev–Trinajstić information content (AvgIpc) is 3.49. The Morgan fingerprint density at radius 2 is 2.19 bits per heavy atom. The quantitative estimate of drug-likeness (QED) is 0.502. The molecule has 1 atom stereocenters. The Bertz CT molecular complexity index is 1090. The van der Waals surface area contributed by atoms with Gasteiger partial charge in [-0.3, -0.25) is 14.2 Å². The molecule has 3 N–H and O–H groups in total. The number of carbonyl (C=O) groups is 2. The van der Waals surface area contributed by atoms with Crippen LogP contribution in [0.3, 0.4) is 0 Å². The largest absolute Gasteiger partial charge is 0.376 e. The summed E-state index contributed by atoms with van der Waals surface area (Å²) in [5.74, 6) is 0.0649. The van der Waals surface area contributed by atoms with Gasteiger partial charge in [-0.1, -0.05) is 23.9 Å². The van der Waals surface area contributed by atoms with Crippen molar-refractivity contribution in [3.05, 3.63) is 46.2 Å². The van der Waals surface area contributed by atoms with Gasteiger partial charge in [0.25, 0.3) is 5.91 Å². The van der Waals surface area contributed by atoms with Crippen molar-refractivity contribution in [1.29, 1.82) is 0 Å². The molecule has 4 rings (SSSR count). The van der Waals surface area contributed by atoms with Gasteiger partial charge in [-0.05, 0) is 38.0 Å². The van der Waals surface area contributed by atoms with E-state index in [2.05, 4.69) is 33.9 Å². The summed E-state index contributed by atoms with van der Waals surface area (Å²) in [6.07, 6.45) is 2.16. The van der Waals surface area contributed by atoms with E-state index in [-0.39, 0.29) is 23.3 Å². The lowest BCUT2D eigenvalue weighted by Crippen LogP contribution is -2.20. The molecule has 0 saturated carbocycles. The second-order valence-electron chi connectivity index (χ2n) is 7.24. The van der Waals surface area contributed by atoms with E-state index in [1.54, 1.807) is 35.6 Å². The smallest absolute Gasteiger partial charge is 0.250 e. The van der Waals surface area contributed by atoms with Gasteiger partial charge in [-0.2, -0.15) is 0 Å². The number of nitrogens with zero attached hydrogens (tertiary/aromatic N) is 3. The highest BCUT2D eigenvalue weighted by molar-refractivity contribution is 7.99. The van der Waals surface area contributed by atoms with Crippen molar-refractivity contribution in [2.45, 2.75) is 37.6 Å². The predicted molar refractivity (Wildman–Crippen MR) is 121 cm³/mol. The fourth-order valence-corrected chi connectivity index (χ4v) is 4.88. The van der Waals surface area contributed by atoms with Gasteiger partial charge in [0.15, 0.2) is 11.0 Å². The molecule has 1 fully saturated rings. The molecule has 3 heterocycles. The number of nitrogens with two attached hydrogens (primary N) is 1. The van der Waals surface area contributed by atoms with Gasteiger partial charge in [0.1, 0.15) is 0 Å². The number of carbonyl (C=O) groups excluding carboxylic acids is 2. The first-order chi connectivity index (χ1) is 15.0. The van der Waals surface area contributed by atoms with Gasteiger partial charge in [-0.25, -0.2) is 0 Å². The molecule has 1 aliphatic rings. The number of rotatable bonds is 8. The fourth-order valence-electron chi connectivity index (χ4n) is 3.45. The zero-order valence-corrected chi connectivity index (χ0v) is 18.7. The Hall–Kier alpha value is -2.69. The highest BCUT2D eigenvalue weighted by Crippen LogP contribution is 2.29. The highest BCUT2D eigenvalue weighted by atomic mass is 32.2. The zero-order chi connectivity index (χ0) is 21.8. The van der Waals surface area contributed by atoms with Crippen LogP contribution in [0.25, 0.3) is 11.4 Å². The van der Waals surface area contributed by atoms with Crippen molar-refractivity contribution < 1.29 is 14.3 Å². The summed E-state index contributed by atoms with van der Waals surface area (Å²) in [6.45, 7) is 3.47. The summed E-state index contributed by atoms with van der Waals surface area (Å²) in [5.41, 5.74) is 7.07. The summed E-state index contributed by atoms with van der Waals surface area (Å²) >= 11 is 2.97. The number of primary amides is 1. The third-order valence-corrected chi connectivity index (χ3v) is 6.74. The average molecular weight is 458 g/mol. The number of thioether (sulfide) groups is 1. The number of hydrogen-bond acceptors (Lipinski definition) is 7. The summed E-state index contributed by atoms with van der Waals surface area (Å²) in [4.78, 5) is 25.3. The van der Waals surface area contributed by atoms with E-state index >= 15 is 0 Å². The lowest BCUT2D eigenvalue weighted by Gasteiger charge is -2.14. The molecule has 2 amide bonds. The van der Waals surface area contributed by atoms with E-state index < -0.39 is 5.91 Å². The number of hydrogen-bond donors (Lipinski definition) is 2. The Kier molecular flexibility index (Phi) is 6.69. The van der Waals surface area contributed by atoms with Gasteiger partial charge in [0.2, 0.25) is 5.91 Å². The number of benzene rings is 1. The van der Waals surface area contributed by atoms with Crippen molar-refractivity contribution in [2.75, 3.05) is 17.7 Å². The van der Waals surface area contributed by atoms with E-state index in [0.29, 0.717) is 17.4 Å². The van der Waals surface area contributed by atoms with E-state index in [9.17, 15) is 9.59 Å². The first-order valence-corrected chi connectivity index (χ1v) is 11.8. The molecule has 1 saturated heterocycles. The molecular formula is C21H23N5O3S2. The molecule has 1 unspecified atom stereocenters. The lowest BCUT2D eigenvalue weighted by atomic mass is 10.1. The first-order valence-electron chi connectivity index (χ1n) is 9.93. The number of anilines is 1. The maximum atomic E-state index is 12.5. The van der Waals surface area contributed by atoms with Crippen molar-refractivity contribution in [2.24, 2.45) is 5.73 Å². The van der Waals surface area contributed by atoms with Gasteiger partial charge in [-0.15, -0.1) is 21.5 Å². The molecule has 0 spiro atoms. The molecule has 2 aromatic heterocycles. The number of aryl methyl sites for hydroxylation is 1. The standard InChI is InChI=1S/C21H23N5O3S2/c1-13-9-14(11-30-13)20-24-25-21(26(20)10-15-5-4-8-29-15)31-12-18(27)23-17-7-3-2-6-16(17)19(22)28/h2-3,6-7,9,11,15H,4-5,8,10,12H2,1H3,(H2,22,28)(H,23,27). The van der Waals surface area contributed by atoms with Crippen LogP contribution < -0.4 is 11.1 Å². The molecule has 31 heavy (non-hydrogen) atoms. The topological polar surface area (TPSA) is 112 Å². The van der Waals surface area contributed by atoms with Crippen LogP contribution in [0.4, 0.5) is 5.69 Å². The van der Waals surface area contributed by atoms with Crippen molar-refractivity contribution >= 4 is 40.6 Å². The van der Waals surface area contributed by atoms with E-state index in [4.69, 9.17) is 10.5 Å². The van der Waals surface area contributed by atoms with Crippen LogP contribution >= 0.6 is 23.1 Å². The second-order valence-corrected chi connectivity index (χ2v) is 9.30. The Morgan fingerprint density at radius 1 is 1.35 bits per heavy atom. The van der Waals surface area contributed by atoms with E-state index in [1.807, 2.05) is 4.57 Å². The van der Waals surface area contributed by atoms with Crippen LogP contribution in [0, 0.1) is 6.92 Å². The summed E-state index contributed by atoms with van der Waals surface area (Å²) in [7, 11) is 0.